The number of primary amides is 1. The maximum absolute atomic E-state index is 14.5. The van der Waals surface area contributed by atoms with Crippen molar-refractivity contribution < 1.29 is 46.5 Å². The Labute approximate surface area is 229 Å². The maximum atomic E-state index is 14.5. The normalized spacial score (nSPS) is 19.1. The molecule has 2 atom stereocenters. The summed E-state index contributed by atoms with van der Waals surface area (Å²) in [6.07, 6.45) is -5.37. The molecule has 0 spiro atoms. The van der Waals surface area contributed by atoms with Gasteiger partial charge < -0.3 is 30.9 Å². The lowest BCUT2D eigenvalue weighted by Crippen LogP contribution is -2.51. The largest absolute Gasteiger partial charge is 0.489 e. The van der Waals surface area contributed by atoms with Crippen LogP contribution in [0.4, 0.5) is 23.2 Å². The highest BCUT2D eigenvalue weighted by Crippen LogP contribution is 2.47. The van der Waals surface area contributed by atoms with E-state index in [1.807, 2.05) is 0 Å². The summed E-state index contributed by atoms with van der Waals surface area (Å²) in [5, 5.41) is 15.7. The summed E-state index contributed by atoms with van der Waals surface area (Å²) in [5.41, 5.74) is -0.636. The quantitative estimate of drug-likeness (QED) is 0.330. The van der Waals surface area contributed by atoms with E-state index in [0.717, 1.165) is 18.2 Å². The van der Waals surface area contributed by atoms with Crippen LogP contribution in [-0.4, -0.2) is 53.7 Å². The molecule has 0 saturated carbocycles. The third kappa shape index (κ3) is 4.79. The molecule has 1 aromatic heterocycles. The van der Waals surface area contributed by atoms with E-state index in [0.29, 0.717) is 0 Å². The average molecular weight is 574 g/mol. The van der Waals surface area contributed by atoms with Crippen molar-refractivity contribution in [1.29, 1.82) is 0 Å². The number of aromatic nitrogens is 1. The van der Waals surface area contributed by atoms with Gasteiger partial charge in [-0.25, -0.2) is 9.37 Å². The molecule has 0 aliphatic carbocycles. The van der Waals surface area contributed by atoms with Crippen molar-refractivity contribution >= 4 is 23.4 Å². The van der Waals surface area contributed by atoms with Crippen LogP contribution in [0.15, 0.2) is 48.5 Å². The molecule has 2 aliphatic rings. The third-order valence-electron chi connectivity index (χ3n) is 7.01. The van der Waals surface area contributed by atoms with Crippen molar-refractivity contribution in [3.63, 3.8) is 0 Å². The predicted molar refractivity (Wildman–Crippen MR) is 135 cm³/mol. The molecule has 3 amide bonds. The summed E-state index contributed by atoms with van der Waals surface area (Å²) >= 11 is 0. The molecule has 14 heteroatoms. The number of anilines is 1. The Kier molecular flexibility index (Phi) is 6.60. The molecule has 0 unspecified atom stereocenters. The van der Waals surface area contributed by atoms with Crippen LogP contribution in [0.25, 0.3) is 11.3 Å². The summed E-state index contributed by atoms with van der Waals surface area (Å²) in [7, 11) is 0. The van der Waals surface area contributed by atoms with Crippen molar-refractivity contribution in [2.24, 2.45) is 5.73 Å². The number of carbonyl (C=O) groups excluding carboxylic acids is 3. The molecular formula is C27H22F4N4O6. The Morgan fingerprint density at radius 1 is 1.15 bits per heavy atom. The van der Waals surface area contributed by atoms with Crippen LogP contribution in [0.2, 0.25) is 0 Å². The smallest absolute Gasteiger partial charge is 0.424 e. The number of hydrogen-bond acceptors (Lipinski definition) is 7. The van der Waals surface area contributed by atoms with E-state index in [1.54, 1.807) is 0 Å². The highest BCUT2D eigenvalue weighted by Gasteiger charge is 2.57. The summed E-state index contributed by atoms with van der Waals surface area (Å²) in [4.78, 5) is 40.7. The second-order valence-corrected chi connectivity index (χ2v) is 9.81. The van der Waals surface area contributed by atoms with Crippen LogP contribution < -0.4 is 25.8 Å². The SMILES string of the molecule is C[C@]1(C(N)=O)COc2c1cc([C@@](O)(CNC(=O)c1ccc3c(c1)OCC(=O)N3)C(F)(F)F)nc2-c1ccc(F)cc1. The Morgan fingerprint density at radius 2 is 1.85 bits per heavy atom. The molecule has 5 rings (SSSR count). The number of amides is 3. The number of rotatable bonds is 6. The number of nitrogens with two attached hydrogens (primary N) is 1. The Balaban J connectivity index is 1.55. The lowest BCUT2D eigenvalue weighted by molar-refractivity contribution is -0.265. The van der Waals surface area contributed by atoms with Gasteiger partial charge in [-0.1, -0.05) is 0 Å². The fraction of sp³-hybridized carbons (Fsp3) is 0.259. The maximum Gasteiger partial charge on any atom is 0.424 e. The molecule has 214 valence electrons. The van der Waals surface area contributed by atoms with Gasteiger partial charge in [0.25, 0.3) is 11.8 Å². The van der Waals surface area contributed by atoms with Gasteiger partial charge in [-0.05, 0) is 55.5 Å². The number of ether oxygens (including phenoxy) is 2. The Morgan fingerprint density at radius 3 is 2.51 bits per heavy atom. The highest BCUT2D eigenvalue weighted by atomic mass is 19.4. The van der Waals surface area contributed by atoms with Gasteiger partial charge in [0.15, 0.2) is 6.61 Å². The molecule has 0 radical (unpaired) electrons. The van der Waals surface area contributed by atoms with Crippen molar-refractivity contribution in [3.05, 3.63) is 71.2 Å². The fourth-order valence-electron chi connectivity index (χ4n) is 4.46. The van der Waals surface area contributed by atoms with Gasteiger partial charge in [0.1, 0.15) is 35.0 Å². The Bertz CT molecular complexity index is 1580. The Hall–Kier alpha value is -4.72. The minimum atomic E-state index is -5.37. The monoisotopic (exact) mass is 574 g/mol. The molecule has 2 aromatic carbocycles. The number of hydrogen-bond donors (Lipinski definition) is 4. The second kappa shape index (κ2) is 9.73. The van der Waals surface area contributed by atoms with E-state index in [-0.39, 0.29) is 52.8 Å². The number of alkyl halides is 3. The van der Waals surface area contributed by atoms with Crippen molar-refractivity contribution in [2.45, 2.75) is 24.1 Å². The lowest BCUT2D eigenvalue weighted by Gasteiger charge is -2.31. The number of halogens is 4. The highest BCUT2D eigenvalue weighted by molar-refractivity contribution is 5.99. The van der Waals surface area contributed by atoms with Gasteiger partial charge in [0.2, 0.25) is 11.5 Å². The van der Waals surface area contributed by atoms with Crippen LogP contribution in [0.3, 0.4) is 0 Å². The summed E-state index contributed by atoms with van der Waals surface area (Å²) in [6, 6.07) is 9.32. The minimum absolute atomic E-state index is 0.0450. The molecule has 3 aromatic rings. The van der Waals surface area contributed by atoms with E-state index in [4.69, 9.17) is 15.2 Å². The van der Waals surface area contributed by atoms with Gasteiger partial charge in [0, 0.05) is 16.7 Å². The fourth-order valence-corrected chi connectivity index (χ4v) is 4.46. The molecule has 10 nitrogen and oxygen atoms in total. The van der Waals surface area contributed by atoms with Crippen LogP contribution >= 0.6 is 0 Å². The molecule has 3 heterocycles. The van der Waals surface area contributed by atoms with Crippen molar-refractivity contribution in [2.75, 3.05) is 25.1 Å². The van der Waals surface area contributed by atoms with E-state index in [2.05, 4.69) is 15.6 Å². The number of fused-ring (bicyclic) bond motifs is 2. The molecule has 0 bridgehead atoms. The second-order valence-electron chi connectivity index (χ2n) is 9.81. The third-order valence-corrected chi connectivity index (χ3v) is 7.01. The predicted octanol–water partition coefficient (Wildman–Crippen LogP) is 2.53. The van der Waals surface area contributed by atoms with E-state index >= 15 is 0 Å². The van der Waals surface area contributed by atoms with Gasteiger partial charge >= 0.3 is 6.18 Å². The number of aliphatic hydroxyl groups is 1. The minimum Gasteiger partial charge on any atom is -0.489 e. The first-order valence-electron chi connectivity index (χ1n) is 12.1. The summed E-state index contributed by atoms with van der Waals surface area (Å²) < 4.78 is 68.0. The molecule has 0 saturated heterocycles. The topological polar surface area (TPSA) is 153 Å². The number of carbonyl (C=O) groups is 3. The summed E-state index contributed by atoms with van der Waals surface area (Å²) in [6.45, 7) is -0.611. The van der Waals surface area contributed by atoms with E-state index < -0.39 is 53.0 Å². The van der Waals surface area contributed by atoms with Gasteiger partial charge in [-0.15, -0.1) is 0 Å². The van der Waals surface area contributed by atoms with Gasteiger partial charge in [0.05, 0.1) is 17.9 Å². The van der Waals surface area contributed by atoms with Crippen LogP contribution in [0.5, 0.6) is 11.5 Å². The van der Waals surface area contributed by atoms with Crippen LogP contribution in [-0.2, 0) is 20.6 Å². The number of benzene rings is 2. The zero-order valence-electron chi connectivity index (χ0n) is 21.3. The first kappa shape index (κ1) is 27.8. The van der Waals surface area contributed by atoms with Gasteiger partial charge in [-0.3, -0.25) is 14.4 Å². The number of nitrogens with zero attached hydrogens (tertiary/aromatic N) is 1. The van der Waals surface area contributed by atoms with Crippen LogP contribution in [0, 0.1) is 5.82 Å². The van der Waals surface area contributed by atoms with E-state index in [1.165, 1.54) is 37.3 Å². The van der Waals surface area contributed by atoms with E-state index in [9.17, 15) is 37.1 Å². The van der Waals surface area contributed by atoms with Gasteiger partial charge in [-0.2, -0.15) is 13.2 Å². The van der Waals surface area contributed by atoms with Crippen LogP contribution in [0.1, 0.15) is 28.5 Å². The number of pyridine rings is 1. The molecule has 2 aliphatic heterocycles. The summed E-state index contributed by atoms with van der Waals surface area (Å²) in [5.74, 6) is -2.82. The number of nitrogens with one attached hydrogen (secondary N) is 2. The molecule has 0 fully saturated rings. The first-order chi connectivity index (χ1) is 19.2. The van der Waals surface area contributed by atoms with Crippen molar-refractivity contribution in [1.82, 2.24) is 10.3 Å². The zero-order valence-corrected chi connectivity index (χ0v) is 21.3. The first-order valence-corrected chi connectivity index (χ1v) is 12.1. The molecule has 41 heavy (non-hydrogen) atoms. The standard InChI is InChI=1S/C27H22F4N4O6/c1-25(24(32)38)12-41-22-16(25)9-19(35-21(22)13-2-5-15(28)6-3-13)26(39,27(29,30)31)11-33-23(37)14-4-7-17-18(8-14)40-10-20(36)34-17/h2-9,39H,10-12H2,1H3,(H2,32,38)(H,33,37)(H,34,36)/t25-,26-/m0/s1. The average Bonchev–Trinajstić information content (AvgIpc) is 3.28. The molecular weight excluding hydrogens is 552 g/mol. The molecule has 5 N–H and O–H groups in total. The lowest BCUT2D eigenvalue weighted by atomic mass is 9.81. The van der Waals surface area contributed by atoms with Crippen molar-refractivity contribution in [3.8, 4) is 22.8 Å². The zero-order chi connectivity index (χ0) is 29.7.